The van der Waals surface area contributed by atoms with E-state index < -0.39 is 12.0 Å². The van der Waals surface area contributed by atoms with Gasteiger partial charge in [-0.25, -0.2) is 4.98 Å². The van der Waals surface area contributed by atoms with Crippen LogP contribution in [0.25, 0.3) is 11.5 Å². The molecule has 0 spiro atoms. The summed E-state index contributed by atoms with van der Waals surface area (Å²) in [6.45, 7) is 3.37. The van der Waals surface area contributed by atoms with Crippen LogP contribution in [0.1, 0.15) is 17.9 Å². The zero-order chi connectivity index (χ0) is 20.5. The molecular formula is C19H20ClN3O6. The Kier molecular flexibility index (Phi) is 5.33. The van der Waals surface area contributed by atoms with E-state index in [1.54, 1.807) is 19.1 Å². The number of aryl methyl sites for hydroxylation is 1. The molecule has 10 heteroatoms. The molecule has 29 heavy (non-hydrogen) atoms. The molecule has 1 aromatic heterocycles. The van der Waals surface area contributed by atoms with Gasteiger partial charge in [0.15, 0.2) is 11.5 Å². The van der Waals surface area contributed by atoms with Crippen molar-refractivity contribution in [1.29, 1.82) is 0 Å². The molecule has 1 aromatic carbocycles. The van der Waals surface area contributed by atoms with E-state index >= 15 is 0 Å². The molecule has 1 fully saturated rings. The summed E-state index contributed by atoms with van der Waals surface area (Å²) in [5.74, 6) is 1.46. The van der Waals surface area contributed by atoms with Crippen molar-refractivity contribution in [1.82, 2.24) is 15.2 Å². The fraction of sp³-hybridized carbons (Fsp3) is 0.421. The standard InChI is InChI=1S/C19H20ClN3O6/c1-10-13(8-23-4-3-21-18(25)14(23)7-17(24)26-2)22-19(29-10)11-5-15-16(6-12(11)20)28-9-27-15/h5-6,14H,3-4,7-9H2,1-2H3,(H,21,25)/t14-/m0/s1. The minimum atomic E-state index is -0.620. The first kappa shape index (κ1) is 19.5. The van der Waals surface area contributed by atoms with Gasteiger partial charge in [0, 0.05) is 25.7 Å². The molecule has 1 N–H and O–H groups in total. The van der Waals surface area contributed by atoms with Gasteiger partial charge in [-0.2, -0.15) is 0 Å². The number of benzene rings is 1. The molecule has 0 radical (unpaired) electrons. The van der Waals surface area contributed by atoms with E-state index in [1.807, 2.05) is 4.90 Å². The number of nitrogens with one attached hydrogen (secondary N) is 1. The monoisotopic (exact) mass is 421 g/mol. The van der Waals surface area contributed by atoms with E-state index in [1.165, 1.54) is 7.11 Å². The highest BCUT2D eigenvalue weighted by molar-refractivity contribution is 6.33. The molecule has 0 aliphatic carbocycles. The van der Waals surface area contributed by atoms with E-state index in [-0.39, 0.29) is 19.1 Å². The molecule has 1 atom stereocenters. The van der Waals surface area contributed by atoms with E-state index in [0.717, 1.165) is 0 Å². The molecular weight excluding hydrogens is 402 g/mol. The Hall–Kier alpha value is -2.78. The van der Waals surface area contributed by atoms with E-state index in [0.29, 0.717) is 59.1 Å². The van der Waals surface area contributed by atoms with Gasteiger partial charge < -0.3 is 23.9 Å². The van der Waals surface area contributed by atoms with Crippen molar-refractivity contribution in [2.45, 2.75) is 25.9 Å². The Morgan fingerprint density at radius 2 is 2.14 bits per heavy atom. The van der Waals surface area contributed by atoms with Crippen molar-refractivity contribution in [3.63, 3.8) is 0 Å². The van der Waals surface area contributed by atoms with E-state index in [2.05, 4.69) is 10.3 Å². The summed E-state index contributed by atoms with van der Waals surface area (Å²) >= 11 is 6.36. The molecule has 154 valence electrons. The summed E-state index contributed by atoms with van der Waals surface area (Å²) in [7, 11) is 1.30. The second kappa shape index (κ2) is 7.92. The fourth-order valence-electron chi connectivity index (χ4n) is 3.38. The lowest BCUT2D eigenvalue weighted by atomic mass is 10.1. The number of esters is 1. The first-order valence-corrected chi connectivity index (χ1v) is 9.48. The maximum atomic E-state index is 12.3. The lowest BCUT2D eigenvalue weighted by Gasteiger charge is -2.33. The summed E-state index contributed by atoms with van der Waals surface area (Å²) in [5, 5.41) is 3.21. The number of aromatic nitrogens is 1. The molecule has 1 saturated heterocycles. The number of halogens is 1. The van der Waals surface area contributed by atoms with Crippen LogP contribution in [0, 0.1) is 6.92 Å². The Morgan fingerprint density at radius 1 is 1.38 bits per heavy atom. The Morgan fingerprint density at radius 3 is 2.90 bits per heavy atom. The summed E-state index contributed by atoms with van der Waals surface area (Å²) in [6.07, 6.45) is -0.0277. The van der Waals surface area contributed by atoms with Crippen molar-refractivity contribution in [2.24, 2.45) is 0 Å². The maximum absolute atomic E-state index is 12.3. The van der Waals surface area contributed by atoms with Crippen LogP contribution in [0.15, 0.2) is 16.5 Å². The van der Waals surface area contributed by atoms with Gasteiger partial charge in [0.05, 0.1) is 29.8 Å². The van der Waals surface area contributed by atoms with Crippen LogP contribution >= 0.6 is 11.6 Å². The van der Waals surface area contributed by atoms with Gasteiger partial charge in [-0.05, 0) is 13.0 Å². The Bertz CT molecular complexity index is 960. The third-order valence-corrected chi connectivity index (χ3v) is 5.28. The SMILES string of the molecule is COC(=O)C[C@H]1C(=O)NCCN1Cc1nc(-c2cc3c(cc2Cl)OCO3)oc1C. The van der Waals surface area contributed by atoms with Crippen molar-refractivity contribution in [2.75, 3.05) is 27.0 Å². The van der Waals surface area contributed by atoms with Crippen molar-refractivity contribution >= 4 is 23.5 Å². The van der Waals surface area contributed by atoms with E-state index in [4.69, 9.17) is 30.2 Å². The molecule has 0 saturated carbocycles. The van der Waals surface area contributed by atoms with Gasteiger partial charge in [0.1, 0.15) is 11.8 Å². The second-order valence-corrected chi connectivity index (χ2v) is 7.17. The number of carbonyl (C=O) groups excluding carboxylic acids is 2. The Balaban J connectivity index is 1.58. The number of oxazole rings is 1. The summed E-state index contributed by atoms with van der Waals surface area (Å²) in [4.78, 5) is 30.5. The van der Waals surface area contributed by atoms with Crippen LogP contribution in [0.2, 0.25) is 5.02 Å². The van der Waals surface area contributed by atoms with Gasteiger partial charge in [-0.3, -0.25) is 14.5 Å². The lowest BCUT2D eigenvalue weighted by Crippen LogP contribution is -2.55. The molecule has 3 heterocycles. The highest BCUT2D eigenvalue weighted by Crippen LogP contribution is 2.41. The smallest absolute Gasteiger partial charge is 0.307 e. The number of ether oxygens (including phenoxy) is 3. The average Bonchev–Trinajstić information content (AvgIpc) is 3.29. The third kappa shape index (κ3) is 3.88. The van der Waals surface area contributed by atoms with Gasteiger partial charge in [0.2, 0.25) is 18.6 Å². The Labute approximate surface area is 171 Å². The molecule has 1 amide bonds. The highest BCUT2D eigenvalue weighted by Gasteiger charge is 2.33. The molecule has 0 bridgehead atoms. The van der Waals surface area contributed by atoms with Gasteiger partial charge >= 0.3 is 5.97 Å². The normalized spacial score (nSPS) is 18.6. The number of fused-ring (bicyclic) bond motifs is 1. The number of amides is 1. The second-order valence-electron chi connectivity index (χ2n) is 6.76. The molecule has 2 aliphatic heterocycles. The number of rotatable bonds is 5. The minimum Gasteiger partial charge on any atom is -0.469 e. The van der Waals surface area contributed by atoms with Crippen LogP contribution < -0.4 is 14.8 Å². The number of carbonyl (C=O) groups is 2. The number of methoxy groups -OCH3 is 1. The molecule has 0 unspecified atom stereocenters. The average molecular weight is 422 g/mol. The molecule has 9 nitrogen and oxygen atoms in total. The van der Waals surface area contributed by atoms with Crippen LogP contribution in [0.4, 0.5) is 0 Å². The number of nitrogens with zero attached hydrogens (tertiary/aromatic N) is 2. The quantitative estimate of drug-likeness (QED) is 0.730. The lowest BCUT2D eigenvalue weighted by molar-refractivity contribution is -0.146. The van der Waals surface area contributed by atoms with Crippen LogP contribution in [0.5, 0.6) is 11.5 Å². The topological polar surface area (TPSA) is 103 Å². The van der Waals surface area contributed by atoms with Gasteiger partial charge in [-0.15, -0.1) is 0 Å². The number of piperazine rings is 1. The van der Waals surface area contributed by atoms with Crippen molar-refractivity contribution < 1.29 is 28.2 Å². The summed E-state index contributed by atoms with van der Waals surface area (Å²) < 4.78 is 21.3. The highest BCUT2D eigenvalue weighted by atomic mass is 35.5. The molecule has 4 rings (SSSR count). The summed E-state index contributed by atoms with van der Waals surface area (Å²) in [6, 6.07) is 2.78. The van der Waals surface area contributed by atoms with Gasteiger partial charge in [-0.1, -0.05) is 11.6 Å². The third-order valence-electron chi connectivity index (χ3n) is 4.97. The zero-order valence-corrected chi connectivity index (χ0v) is 16.7. The largest absolute Gasteiger partial charge is 0.469 e. The van der Waals surface area contributed by atoms with Crippen LogP contribution in [0.3, 0.4) is 0 Å². The molecule has 2 aromatic rings. The van der Waals surface area contributed by atoms with Crippen LogP contribution in [-0.2, 0) is 20.9 Å². The molecule has 2 aliphatic rings. The first-order chi connectivity index (χ1) is 14.0. The van der Waals surface area contributed by atoms with Crippen LogP contribution in [-0.4, -0.2) is 54.8 Å². The van der Waals surface area contributed by atoms with E-state index in [9.17, 15) is 9.59 Å². The fourth-order valence-corrected chi connectivity index (χ4v) is 3.61. The zero-order valence-electron chi connectivity index (χ0n) is 16.0. The van der Waals surface area contributed by atoms with Crippen molar-refractivity contribution in [3.8, 4) is 23.0 Å². The predicted octanol–water partition coefficient (Wildman–Crippen LogP) is 1.90. The maximum Gasteiger partial charge on any atom is 0.307 e. The van der Waals surface area contributed by atoms with Gasteiger partial charge in [0.25, 0.3) is 0 Å². The number of hydrogen-bond donors (Lipinski definition) is 1. The predicted molar refractivity (Wildman–Crippen MR) is 102 cm³/mol. The summed E-state index contributed by atoms with van der Waals surface area (Å²) in [5.41, 5.74) is 1.26. The van der Waals surface area contributed by atoms with Crippen molar-refractivity contribution in [3.05, 3.63) is 28.6 Å². The minimum absolute atomic E-state index is 0.0277. The first-order valence-electron chi connectivity index (χ1n) is 9.10. The number of hydrogen-bond acceptors (Lipinski definition) is 8.